The normalized spacial score (nSPS) is 14.2. The number of methoxy groups -OCH3 is 1. The van der Waals surface area contributed by atoms with Gasteiger partial charge in [-0.25, -0.2) is 8.42 Å². The van der Waals surface area contributed by atoms with Crippen molar-refractivity contribution in [1.29, 1.82) is 0 Å². The van der Waals surface area contributed by atoms with Gasteiger partial charge in [-0.05, 0) is 55.5 Å². The van der Waals surface area contributed by atoms with Gasteiger partial charge in [0.1, 0.15) is 5.75 Å². The molecule has 37 heavy (non-hydrogen) atoms. The summed E-state index contributed by atoms with van der Waals surface area (Å²) in [6.45, 7) is 3.68. The van der Waals surface area contributed by atoms with Crippen molar-refractivity contribution in [2.24, 2.45) is 0 Å². The van der Waals surface area contributed by atoms with E-state index in [1.54, 1.807) is 54.5 Å². The van der Waals surface area contributed by atoms with Crippen LogP contribution >= 0.6 is 23.2 Å². The Balaban J connectivity index is 1.51. The van der Waals surface area contributed by atoms with Crippen LogP contribution in [0.4, 0.5) is 5.69 Å². The summed E-state index contributed by atoms with van der Waals surface area (Å²) in [5, 5.41) is 0.689. The highest BCUT2D eigenvalue weighted by molar-refractivity contribution is 7.89. The topological polar surface area (TPSA) is 70.2 Å². The van der Waals surface area contributed by atoms with Crippen molar-refractivity contribution in [2.45, 2.75) is 18.4 Å². The molecule has 3 aromatic rings. The lowest BCUT2D eigenvalue weighted by Crippen LogP contribution is -2.51. The van der Waals surface area contributed by atoms with Gasteiger partial charge in [0.05, 0.1) is 18.6 Å². The minimum Gasteiger partial charge on any atom is -0.497 e. The minimum atomic E-state index is -4.00. The molecule has 0 radical (unpaired) electrons. The average Bonchev–Trinajstić information content (AvgIpc) is 2.90. The fraction of sp³-hybridized carbons (Fsp3) is 0.296. The number of hydrogen-bond acceptors (Lipinski definition) is 5. The lowest BCUT2D eigenvalue weighted by molar-refractivity contribution is -0.131. The average molecular weight is 563 g/mol. The SMILES string of the molecule is COc1ccc(N2CCN(C(=O)CN(Cc3c(Cl)cccc3Cl)S(=O)(=O)c3ccc(C)cc3)CC2)cc1. The second-order valence-corrected chi connectivity index (χ2v) is 11.6. The summed E-state index contributed by atoms with van der Waals surface area (Å²) in [5.41, 5.74) is 2.44. The number of sulfonamides is 1. The molecule has 1 saturated heterocycles. The summed E-state index contributed by atoms with van der Waals surface area (Å²) in [6, 6.07) is 19.3. The van der Waals surface area contributed by atoms with Crippen LogP contribution in [0.25, 0.3) is 0 Å². The molecule has 10 heteroatoms. The van der Waals surface area contributed by atoms with E-state index < -0.39 is 10.0 Å². The number of benzene rings is 3. The van der Waals surface area contributed by atoms with Crippen molar-refractivity contribution >= 4 is 44.8 Å². The Morgan fingerprint density at radius 2 is 1.51 bits per heavy atom. The smallest absolute Gasteiger partial charge is 0.243 e. The first-order valence-electron chi connectivity index (χ1n) is 11.9. The zero-order chi connectivity index (χ0) is 26.6. The molecular formula is C27H29Cl2N3O4S. The number of halogens is 2. The van der Waals surface area contributed by atoms with Crippen molar-refractivity contribution in [2.75, 3.05) is 44.7 Å². The molecule has 0 spiro atoms. The molecule has 0 atom stereocenters. The molecule has 1 fully saturated rings. The minimum absolute atomic E-state index is 0.110. The van der Waals surface area contributed by atoms with Crippen LogP contribution in [-0.4, -0.2) is 63.4 Å². The molecular weight excluding hydrogens is 533 g/mol. The lowest BCUT2D eigenvalue weighted by atomic mass is 10.2. The summed E-state index contributed by atoms with van der Waals surface area (Å²) < 4.78 is 33.6. The summed E-state index contributed by atoms with van der Waals surface area (Å²) in [5.74, 6) is 0.513. The first kappa shape index (κ1) is 27.3. The van der Waals surface area contributed by atoms with Gasteiger partial charge in [-0.2, -0.15) is 4.31 Å². The first-order chi connectivity index (χ1) is 17.7. The van der Waals surface area contributed by atoms with Crippen LogP contribution in [-0.2, 0) is 21.4 Å². The van der Waals surface area contributed by atoms with Gasteiger partial charge in [0.15, 0.2) is 0 Å². The fourth-order valence-electron chi connectivity index (χ4n) is 4.20. The molecule has 1 heterocycles. The zero-order valence-corrected chi connectivity index (χ0v) is 23.1. The second-order valence-electron chi connectivity index (χ2n) is 8.85. The van der Waals surface area contributed by atoms with Crippen LogP contribution in [0, 0.1) is 6.92 Å². The Morgan fingerprint density at radius 3 is 2.08 bits per heavy atom. The molecule has 7 nitrogen and oxygen atoms in total. The highest BCUT2D eigenvalue weighted by Crippen LogP contribution is 2.28. The molecule has 3 aromatic carbocycles. The van der Waals surface area contributed by atoms with Crippen LogP contribution in [0.2, 0.25) is 10.0 Å². The molecule has 196 valence electrons. The van der Waals surface area contributed by atoms with Gasteiger partial charge in [0.2, 0.25) is 15.9 Å². The van der Waals surface area contributed by atoms with Crippen molar-refractivity contribution < 1.29 is 17.9 Å². The number of nitrogens with zero attached hydrogens (tertiary/aromatic N) is 3. The summed E-state index contributed by atoms with van der Waals surface area (Å²) in [7, 11) is -2.37. The zero-order valence-electron chi connectivity index (χ0n) is 20.7. The predicted octanol–water partition coefficient (Wildman–Crippen LogP) is 4.85. The Kier molecular flexibility index (Phi) is 8.64. The molecule has 0 aromatic heterocycles. The van der Waals surface area contributed by atoms with Crippen LogP contribution in [0.15, 0.2) is 71.6 Å². The van der Waals surface area contributed by atoms with Gasteiger partial charge in [-0.1, -0.05) is 47.0 Å². The maximum absolute atomic E-state index is 13.6. The van der Waals surface area contributed by atoms with E-state index in [0.29, 0.717) is 41.8 Å². The van der Waals surface area contributed by atoms with E-state index in [1.807, 2.05) is 31.2 Å². The number of hydrogen-bond donors (Lipinski definition) is 0. The Morgan fingerprint density at radius 1 is 0.919 bits per heavy atom. The van der Waals surface area contributed by atoms with E-state index >= 15 is 0 Å². The van der Waals surface area contributed by atoms with Gasteiger partial charge in [0.25, 0.3) is 0 Å². The molecule has 0 unspecified atom stereocenters. The third-order valence-corrected chi connectivity index (χ3v) is 8.95. The van der Waals surface area contributed by atoms with Gasteiger partial charge in [-0.15, -0.1) is 0 Å². The van der Waals surface area contributed by atoms with Crippen LogP contribution in [0.1, 0.15) is 11.1 Å². The number of ether oxygens (including phenoxy) is 1. The second kappa shape index (κ2) is 11.7. The standard InChI is InChI=1S/C27H29Cl2N3O4S/c1-20-6-12-23(13-7-20)37(34,35)32(18-24-25(28)4-3-5-26(24)29)19-27(33)31-16-14-30(15-17-31)21-8-10-22(36-2)11-9-21/h3-13H,14-19H2,1-2H3. The molecule has 1 aliphatic heterocycles. The van der Waals surface area contributed by atoms with Crippen molar-refractivity contribution in [1.82, 2.24) is 9.21 Å². The molecule has 0 N–H and O–H groups in total. The molecule has 4 rings (SSSR count). The molecule has 0 bridgehead atoms. The van der Waals surface area contributed by atoms with Gasteiger partial charge < -0.3 is 14.5 Å². The maximum Gasteiger partial charge on any atom is 0.243 e. The van der Waals surface area contributed by atoms with Crippen molar-refractivity contribution in [3.05, 3.63) is 87.9 Å². The molecule has 0 saturated carbocycles. The number of rotatable bonds is 8. The highest BCUT2D eigenvalue weighted by Gasteiger charge is 2.31. The number of anilines is 1. The van der Waals surface area contributed by atoms with E-state index in [1.165, 1.54) is 0 Å². The first-order valence-corrected chi connectivity index (χ1v) is 14.0. The van der Waals surface area contributed by atoms with Crippen molar-refractivity contribution in [3.63, 3.8) is 0 Å². The van der Waals surface area contributed by atoms with Crippen LogP contribution in [0.3, 0.4) is 0 Å². The number of piperazine rings is 1. The van der Waals surface area contributed by atoms with Gasteiger partial charge in [0, 0.05) is 54.0 Å². The Bertz CT molecular complexity index is 1320. The van der Waals surface area contributed by atoms with Crippen LogP contribution in [0.5, 0.6) is 5.75 Å². The lowest BCUT2D eigenvalue weighted by Gasteiger charge is -2.37. The van der Waals surface area contributed by atoms with E-state index in [9.17, 15) is 13.2 Å². The third-order valence-electron chi connectivity index (χ3n) is 6.44. The number of carbonyl (C=O) groups excluding carboxylic acids is 1. The third kappa shape index (κ3) is 6.38. The predicted molar refractivity (Wildman–Crippen MR) is 147 cm³/mol. The number of aryl methyl sites for hydroxylation is 1. The van der Waals surface area contributed by atoms with E-state index in [0.717, 1.165) is 21.3 Å². The Hall–Kier alpha value is -2.78. The van der Waals surface area contributed by atoms with Crippen molar-refractivity contribution in [3.8, 4) is 5.75 Å². The summed E-state index contributed by atoms with van der Waals surface area (Å²) in [4.78, 5) is 17.3. The van der Waals surface area contributed by atoms with E-state index in [2.05, 4.69) is 4.90 Å². The molecule has 0 aliphatic carbocycles. The highest BCUT2D eigenvalue weighted by atomic mass is 35.5. The summed E-state index contributed by atoms with van der Waals surface area (Å²) in [6.07, 6.45) is 0. The number of carbonyl (C=O) groups is 1. The molecule has 1 amide bonds. The van der Waals surface area contributed by atoms with E-state index in [4.69, 9.17) is 27.9 Å². The quantitative estimate of drug-likeness (QED) is 0.393. The Labute approximate surface area is 228 Å². The van der Waals surface area contributed by atoms with Gasteiger partial charge in [-0.3, -0.25) is 4.79 Å². The largest absolute Gasteiger partial charge is 0.497 e. The van der Waals surface area contributed by atoms with Gasteiger partial charge >= 0.3 is 0 Å². The number of amides is 1. The maximum atomic E-state index is 13.6. The fourth-order valence-corrected chi connectivity index (χ4v) is 6.08. The van der Waals surface area contributed by atoms with E-state index in [-0.39, 0.29) is 23.9 Å². The molecule has 1 aliphatic rings. The monoisotopic (exact) mass is 561 g/mol. The van der Waals surface area contributed by atoms with Crippen LogP contribution < -0.4 is 9.64 Å². The summed E-state index contributed by atoms with van der Waals surface area (Å²) >= 11 is 12.7.